The summed E-state index contributed by atoms with van der Waals surface area (Å²) >= 11 is 5.73. The van der Waals surface area contributed by atoms with Crippen LogP contribution in [0.25, 0.3) is 0 Å². The SMILES string of the molecule is NC(Cc1cc(Cl)ccc1F)c1ccc(F)c(F)c1F. The van der Waals surface area contributed by atoms with Gasteiger partial charge < -0.3 is 5.73 Å². The summed E-state index contributed by atoms with van der Waals surface area (Å²) in [5.74, 6) is -4.80. The first-order valence-electron chi connectivity index (χ1n) is 5.73. The zero-order chi connectivity index (χ0) is 14.9. The van der Waals surface area contributed by atoms with Crippen LogP contribution in [0.15, 0.2) is 30.3 Å². The quantitative estimate of drug-likeness (QED) is 0.669. The predicted octanol–water partition coefficient (Wildman–Crippen LogP) is 4.14. The molecule has 1 unspecified atom stereocenters. The topological polar surface area (TPSA) is 26.0 Å². The second-order valence-corrected chi connectivity index (χ2v) is 4.75. The molecular formula is C14H10ClF4N. The average Bonchev–Trinajstić information content (AvgIpc) is 2.40. The summed E-state index contributed by atoms with van der Waals surface area (Å²) in [6.07, 6.45) is -0.0889. The molecular weight excluding hydrogens is 294 g/mol. The van der Waals surface area contributed by atoms with E-state index < -0.39 is 29.3 Å². The van der Waals surface area contributed by atoms with E-state index in [9.17, 15) is 17.6 Å². The molecule has 0 saturated carbocycles. The fourth-order valence-electron chi connectivity index (χ4n) is 1.87. The molecule has 20 heavy (non-hydrogen) atoms. The van der Waals surface area contributed by atoms with Crippen LogP contribution in [-0.2, 0) is 6.42 Å². The summed E-state index contributed by atoms with van der Waals surface area (Å²) in [4.78, 5) is 0. The van der Waals surface area contributed by atoms with E-state index in [0.717, 1.165) is 18.2 Å². The molecule has 1 nitrogen and oxygen atoms in total. The first-order valence-corrected chi connectivity index (χ1v) is 6.11. The monoisotopic (exact) mass is 303 g/mol. The summed E-state index contributed by atoms with van der Waals surface area (Å²) < 4.78 is 53.1. The number of hydrogen-bond acceptors (Lipinski definition) is 1. The molecule has 106 valence electrons. The Kier molecular flexibility index (Phi) is 4.30. The molecule has 2 aromatic carbocycles. The molecule has 0 heterocycles. The molecule has 0 aliphatic heterocycles. The molecule has 0 amide bonds. The molecule has 0 aromatic heterocycles. The van der Waals surface area contributed by atoms with Crippen molar-refractivity contribution in [3.8, 4) is 0 Å². The van der Waals surface area contributed by atoms with Crippen LogP contribution in [-0.4, -0.2) is 0 Å². The molecule has 0 radical (unpaired) electrons. The molecule has 0 spiro atoms. The third kappa shape index (κ3) is 2.94. The molecule has 0 bridgehead atoms. The minimum absolute atomic E-state index is 0.0889. The van der Waals surface area contributed by atoms with Gasteiger partial charge >= 0.3 is 0 Å². The Morgan fingerprint density at radius 3 is 2.30 bits per heavy atom. The third-order valence-electron chi connectivity index (χ3n) is 2.91. The number of hydrogen-bond donors (Lipinski definition) is 1. The summed E-state index contributed by atoms with van der Waals surface area (Å²) in [5.41, 5.74) is 5.68. The van der Waals surface area contributed by atoms with Gasteiger partial charge in [-0.05, 0) is 36.2 Å². The van der Waals surface area contributed by atoms with Crippen molar-refractivity contribution < 1.29 is 17.6 Å². The Hall–Kier alpha value is -1.59. The number of rotatable bonds is 3. The second kappa shape index (κ2) is 5.81. The van der Waals surface area contributed by atoms with Gasteiger partial charge in [0.05, 0.1) is 0 Å². The van der Waals surface area contributed by atoms with Crippen LogP contribution in [0, 0.1) is 23.3 Å². The average molecular weight is 304 g/mol. The molecule has 0 aliphatic carbocycles. The molecule has 6 heteroatoms. The minimum atomic E-state index is -1.59. The van der Waals surface area contributed by atoms with Gasteiger partial charge in [-0.1, -0.05) is 17.7 Å². The highest BCUT2D eigenvalue weighted by molar-refractivity contribution is 6.30. The summed E-state index contributed by atoms with van der Waals surface area (Å²) in [7, 11) is 0. The molecule has 0 saturated heterocycles. The van der Waals surface area contributed by atoms with E-state index in [1.54, 1.807) is 0 Å². The number of benzene rings is 2. The van der Waals surface area contributed by atoms with Gasteiger partial charge in [-0.15, -0.1) is 0 Å². The Morgan fingerprint density at radius 2 is 1.60 bits per heavy atom. The van der Waals surface area contributed by atoms with Gasteiger partial charge in [0, 0.05) is 16.6 Å². The molecule has 0 fully saturated rings. The van der Waals surface area contributed by atoms with Gasteiger partial charge in [0.25, 0.3) is 0 Å². The summed E-state index contributed by atoms with van der Waals surface area (Å²) in [5, 5.41) is 0.305. The Morgan fingerprint density at radius 1 is 0.950 bits per heavy atom. The third-order valence-corrected chi connectivity index (χ3v) is 3.15. The van der Waals surface area contributed by atoms with Crippen molar-refractivity contribution in [3.63, 3.8) is 0 Å². The summed E-state index contributed by atoms with van der Waals surface area (Å²) in [6.45, 7) is 0. The molecule has 1 atom stereocenters. The normalized spacial score (nSPS) is 12.5. The number of nitrogens with two attached hydrogens (primary N) is 1. The maximum absolute atomic E-state index is 13.6. The lowest BCUT2D eigenvalue weighted by Gasteiger charge is -2.14. The van der Waals surface area contributed by atoms with Crippen LogP contribution in [0.4, 0.5) is 17.6 Å². The number of halogens is 5. The van der Waals surface area contributed by atoms with Gasteiger partial charge in [-0.25, -0.2) is 17.6 Å². The second-order valence-electron chi connectivity index (χ2n) is 4.31. The highest BCUT2D eigenvalue weighted by atomic mass is 35.5. The van der Waals surface area contributed by atoms with Crippen molar-refractivity contribution in [1.82, 2.24) is 0 Å². The van der Waals surface area contributed by atoms with Crippen molar-refractivity contribution in [1.29, 1.82) is 0 Å². The van der Waals surface area contributed by atoms with Crippen LogP contribution < -0.4 is 5.73 Å². The maximum Gasteiger partial charge on any atom is 0.194 e. The first-order chi connectivity index (χ1) is 9.40. The maximum atomic E-state index is 13.6. The molecule has 2 aromatic rings. The van der Waals surface area contributed by atoms with Crippen LogP contribution in [0.5, 0.6) is 0 Å². The van der Waals surface area contributed by atoms with E-state index in [1.807, 2.05) is 0 Å². The Bertz CT molecular complexity index is 645. The van der Waals surface area contributed by atoms with Crippen molar-refractivity contribution in [2.45, 2.75) is 12.5 Å². The molecule has 2 rings (SSSR count). The highest BCUT2D eigenvalue weighted by Gasteiger charge is 2.19. The van der Waals surface area contributed by atoms with Crippen molar-refractivity contribution in [3.05, 3.63) is 69.8 Å². The van der Waals surface area contributed by atoms with E-state index in [0.29, 0.717) is 5.02 Å². The zero-order valence-corrected chi connectivity index (χ0v) is 10.9. The largest absolute Gasteiger partial charge is 0.324 e. The lowest BCUT2D eigenvalue weighted by molar-refractivity contribution is 0.434. The molecule has 2 N–H and O–H groups in total. The van der Waals surface area contributed by atoms with Crippen molar-refractivity contribution in [2.24, 2.45) is 5.73 Å². The fourth-order valence-corrected chi connectivity index (χ4v) is 2.07. The predicted molar refractivity (Wildman–Crippen MR) is 68.4 cm³/mol. The van der Waals surface area contributed by atoms with Gasteiger partial charge in [-0.3, -0.25) is 0 Å². The van der Waals surface area contributed by atoms with E-state index in [-0.39, 0.29) is 17.5 Å². The van der Waals surface area contributed by atoms with E-state index in [4.69, 9.17) is 17.3 Å². The van der Waals surface area contributed by atoms with Crippen molar-refractivity contribution in [2.75, 3.05) is 0 Å². The zero-order valence-electron chi connectivity index (χ0n) is 10.1. The molecule has 0 aliphatic rings. The smallest absolute Gasteiger partial charge is 0.194 e. The lowest BCUT2D eigenvalue weighted by Crippen LogP contribution is -2.17. The Labute approximate surface area is 118 Å². The minimum Gasteiger partial charge on any atom is -0.324 e. The van der Waals surface area contributed by atoms with Crippen LogP contribution in [0.2, 0.25) is 5.02 Å². The van der Waals surface area contributed by atoms with Gasteiger partial charge in [0.2, 0.25) is 0 Å². The van der Waals surface area contributed by atoms with Crippen LogP contribution in [0.3, 0.4) is 0 Å². The van der Waals surface area contributed by atoms with Crippen molar-refractivity contribution >= 4 is 11.6 Å². The fraction of sp³-hybridized carbons (Fsp3) is 0.143. The van der Waals surface area contributed by atoms with E-state index >= 15 is 0 Å². The Balaban J connectivity index is 2.31. The summed E-state index contributed by atoms with van der Waals surface area (Å²) in [6, 6.07) is 4.69. The van der Waals surface area contributed by atoms with Crippen LogP contribution >= 0.6 is 11.6 Å². The van der Waals surface area contributed by atoms with Gasteiger partial charge in [0.15, 0.2) is 17.5 Å². The van der Waals surface area contributed by atoms with E-state index in [2.05, 4.69) is 0 Å². The van der Waals surface area contributed by atoms with Crippen LogP contribution in [0.1, 0.15) is 17.2 Å². The van der Waals surface area contributed by atoms with Gasteiger partial charge in [-0.2, -0.15) is 0 Å². The standard InChI is InChI=1S/C14H10ClF4N/c15-8-1-3-10(16)7(5-8)6-12(20)9-2-4-11(17)14(19)13(9)18/h1-5,12H,6,20H2. The van der Waals surface area contributed by atoms with E-state index in [1.165, 1.54) is 12.1 Å². The first kappa shape index (κ1) is 14.8. The lowest BCUT2D eigenvalue weighted by atomic mass is 9.98. The highest BCUT2D eigenvalue weighted by Crippen LogP contribution is 2.25. The van der Waals surface area contributed by atoms with Gasteiger partial charge in [0.1, 0.15) is 5.82 Å².